The van der Waals surface area contributed by atoms with Crippen molar-refractivity contribution in [3.8, 4) is 0 Å². The van der Waals surface area contributed by atoms with Gasteiger partial charge in [-0.15, -0.1) is 0 Å². The second-order valence-electron chi connectivity index (χ2n) is 10.3. The van der Waals surface area contributed by atoms with Crippen molar-refractivity contribution in [3.63, 3.8) is 0 Å². The van der Waals surface area contributed by atoms with Crippen molar-refractivity contribution in [2.45, 2.75) is 73.4 Å². The van der Waals surface area contributed by atoms with Crippen LogP contribution in [0.2, 0.25) is 0 Å². The van der Waals surface area contributed by atoms with E-state index >= 15 is 0 Å². The molecule has 4 unspecified atom stereocenters. The fourth-order valence-corrected chi connectivity index (χ4v) is 6.09. The summed E-state index contributed by atoms with van der Waals surface area (Å²) in [7, 11) is 0. The van der Waals surface area contributed by atoms with Crippen LogP contribution in [0.5, 0.6) is 0 Å². The lowest BCUT2D eigenvalue weighted by Gasteiger charge is -2.46. The highest BCUT2D eigenvalue weighted by Crippen LogP contribution is 2.36. The second-order valence-corrected chi connectivity index (χ2v) is 11.5. The number of aliphatic hydroxyl groups is 6. The minimum Gasteiger partial charge on any atom is -0.394 e. The van der Waals surface area contributed by atoms with E-state index in [9.17, 15) is 40.2 Å². The summed E-state index contributed by atoms with van der Waals surface area (Å²) in [5.74, 6) is -1.13. The van der Waals surface area contributed by atoms with E-state index in [0.717, 1.165) is 22.9 Å². The molecule has 2 fully saturated rings. The van der Waals surface area contributed by atoms with Crippen LogP contribution in [0.25, 0.3) is 0 Å². The zero-order valence-corrected chi connectivity index (χ0v) is 23.3. The molecule has 2 saturated heterocycles. The Morgan fingerprint density at radius 1 is 0.659 bits per heavy atom. The number of nitrogens with one attached hydrogen (secondary N) is 2. The lowest BCUT2D eigenvalue weighted by molar-refractivity contribution is -0.175. The summed E-state index contributed by atoms with van der Waals surface area (Å²) >= 11 is 0.766. The number of carbonyl (C=O) groups excluding carboxylic acids is 2. The predicted molar refractivity (Wildman–Crippen MR) is 148 cm³/mol. The highest BCUT2D eigenvalue weighted by molar-refractivity contribution is 8.00. The number of benzene rings is 2. The van der Waals surface area contributed by atoms with E-state index in [1.807, 2.05) is 13.8 Å². The minimum atomic E-state index is -1.52. The van der Waals surface area contributed by atoms with E-state index in [-0.39, 0.29) is 0 Å². The van der Waals surface area contributed by atoms with Crippen LogP contribution in [-0.2, 0) is 9.47 Å². The summed E-state index contributed by atoms with van der Waals surface area (Å²) in [6.07, 6.45) is -8.38. The Labute approximate surface area is 241 Å². The first-order valence-electron chi connectivity index (χ1n) is 13.2. The molecule has 4 rings (SSSR count). The molecule has 13 heteroatoms. The maximum absolute atomic E-state index is 12.9. The monoisotopic (exact) mass is 592 g/mol. The lowest BCUT2D eigenvalue weighted by atomic mass is 9.96. The summed E-state index contributed by atoms with van der Waals surface area (Å²) in [6, 6.07) is 10.8. The smallest absolute Gasteiger partial charge is 0.251 e. The van der Waals surface area contributed by atoms with E-state index < -0.39 is 84.6 Å². The highest BCUT2D eigenvalue weighted by atomic mass is 32.2. The number of hydrogen-bond donors (Lipinski definition) is 8. The normalized spacial score (nSPS) is 33.7. The van der Waals surface area contributed by atoms with Crippen molar-refractivity contribution in [3.05, 3.63) is 70.8 Å². The van der Waals surface area contributed by atoms with Gasteiger partial charge in [-0.2, -0.15) is 0 Å². The highest BCUT2D eigenvalue weighted by Gasteiger charge is 2.50. The van der Waals surface area contributed by atoms with Gasteiger partial charge in [0.15, 0.2) is 0 Å². The zero-order valence-electron chi connectivity index (χ0n) is 22.5. The van der Waals surface area contributed by atoms with Crippen molar-refractivity contribution >= 4 is 23.6 Å². The third kappa shape index (κ3) is 7.08. The Kier molecular flexibility index (Phi) is 10.4. The molecule has 0 aromatic heterocycles. The van der Waals surface area contributed by atoms with Gasteiger partial charge in [0, 0.05) is 11.1 Å². The first kappa shape index (κ1) is 31.3. The van der Waals surface area contributed by atoms with Crippen molar-refractivity contribution in [1.29, 1.82) is 0 Å². The molecule has 0 bridgehead atoms. The molecule has 2 aliphatic heterocycles. The average molecular weight is 593 g/mol. The minimum absolute atomic E-state index is 0.296. The van der Waals surface area contributed by atoms with Crippen LogP contribution in [0, 0.1) is 13.8 Å². The molecule has 2 aromatic rings. The van der Waals surface area contributed by atoms with Gasteiger partial charge in [-0.25, -0.2) is 0 Å². The van der Waals surface area contributed by atoms with Crippen molar-refractivity contribution in [2.24, 2.45) is 0 Å². The van der Waals surface area contributed by atoms with Gasteiger partial charge in [-0.1, -0.05) is 47.2 Å². The number of hydrogen-bond acceptors (Lipinski definition) is 11. The fourth-order valence-electron chi connectivity index (χ4n) is 4.75. The second kappa shape index (κ2) is 13.6. The first-order valence-corrected chi connectivity index (χ1v) is 14.1. The maximum Gasteiger partial charge on any atom is 0.251 e. The number of aliphatic hydroxyl groups excluding tert-OH is 6. The molecular weight excluding hydrogens is 556 g/mol. The Balaban J connectivity index is 1.50. The molecule has 2 heterocycles. The quantitative estimate of drug-likeness (QED) is 0.183. The Morgan fingerprint density at radius 3 is 1.32 bits per heavy atom. The standard InChI is InChI=1S/C28H36N2O10S/c1-13-3-7-15(8-4-13)25(37)29-19-21(33)17(11-31)39-27(23(19)35)41-28-24(36)20(22(34)18(12-32)40-28)30-26(38)16-9-5-14(2)6-10-16/h3-10,17-24,27-28,31-36H,11-12H2,1-2H3,(H,29,37)(H,30,38)/t17-,18+,19-,20?,21-,22-,23+,24?,27?,28?/m0/s1. The molecular formula is C28H36N2O10S. The van der Waals surface area contributed by atoms with Crippen molar-refractivity contribution in [1.82, 2.24) is 10.6 Å². The van der Waals surface area contributed by atoms with Gasteiger partial charge < -0.3 is 50.7 Å². The van der Waals surface area contributed by atoms with Crippen LogP contribution in [-0.4, -0.2) is 115 Å². The third-order valence-corrected chi connectivity index (χ3v) is 8.58. The summed E-state index contributed by atoms with van der Waals surface area (Å²) in [4.78, 5) is 25.7. The van der Waals surface area contributed by atoms with Gasteiger partial charge >= 0.3 is 0 Å². The van der Waals surface area contributed by atoms with Crippen LogP contribution in [0.15, 0.2) is 48.5 Å². The number of ether oxygens (including phenoxy) is 2. The van der Waals surface area contributed by atoms with Crippen molar-refractivity contribution < 1.29 is 49.7 Å². The molecule has 0 spiro atoms. The summed E-state index contributed by atoms with van der Waals surface area (Å²) in [5.41, 5.74) is 0.00178. The zero-order chi connectivity index (χ0) is 29.8. The molecule has 0 saturated carbocycles. The fraction of sp³-hybridized carbons (Fsp3) is 0.500. The number of amides is 2. The summed E-state index contributed by atoms with van der Waals surface area (Å²) in [5, 5.41) is 68.5. The van der Waals surface area contributed by atoms with Crippen LogP contribution in [0.1, 0.15) is 31.8 Å². The first-order chi connectivity index (χ1) is 19.5. The largest absolute Gasteiger partial charge is 0.394 e. The SMILES string of the molecule is Cc1ccc(C(=O)NC2C(O)C(SC3O[C@@H](CO)[C@H](O)[C@H](NC(=O)c4ccc(C)cc4)[C@H]3O)O[C@H](CO)[C@@H]2O)cc1. The average Bonchev–Trinajstić information content (AvgIpc) is 2.96. The molecule has 2 amide bonds. The van der Waals surface area contributed by atoms with E-state index in [0.29, 0.717) is 11.1 Å². The number of thioether (sulfide) groups is 1. The molecule has 2 aliphatic rings. The molecule has 0 aliphatic carbocycles. The van der Waals surface area contributed by atoms with Gasteiger partial charge in [0.2, 0.25) is 0 Å². The van der Waals surface area contributed by atoms with Gasteiger partial charge in [0.05, 0.1) is 25.3 Å². The van der Waals surface area contributed by atoms with Gasteiger partial charge in [-0.05, 0) is 38.1 Å². The van der Waals surface area contributed by atoms with E-state index in [2.05, 4.69) is 10.6 Å². The van der Waals surface area contributed by atoms with Crippen LogP contribution in [0.4, 0.5) is 0 Å². The van der Waals surface area contributed by atoms with E-state index in [1.165, 1.54) is 0 Å². The molecule has 8 N–H and O–H groups in total. The molecule has 12 nitrogen and oxygen atoms in total. The van der Waals surface area contributed by atoms with Gasteiger partial charge in [0.1, 0.15) is 47.5 Å². The number of rotatable bonds is 8. The Bertz CT molecular complexity index is 1090. The molecule has 0 radical (unpaired) electrons. The number of aryl methyl sites for hydroxylation is 2. The lowest BCUT2D eigenvalue weighted by Crippen LogP contribution is -2.66. The van der Waals surface area contributed by atoms with Crippen LogP contribution in [0.3, 0.4) is 0 Å². The third-order valence-electron chi connectivity index (χ3n) is 7.26. The van der Waals surface area contributed by atoms with Crippen LogP contribution >= 0.6 is 11.8 Å². The number of carbonyl (C=O) groups is 2. The molecule has 41 heavy (non-hydrogen) atoms. The summed E-state index contributed by atoms with van der Waals surface area (Å²) in [6.45, 7) is 2.45. The van der Waals surface area contributed by atoms with E-state index in [1.54, 1.807) is 48.5 Å². The molecule has 10 atom stereocenters. The van der Waals surface area contributed by atoms with Gasteiger partial charge in [-0.3, -0.25) is 9.59 Å². The van der Waals surface area contributed by atoms with Crippen molar-refractivity contribution in [2.75, 3.05) is 13.2 Å². The van der Waals surface area contributed by atoms with Gasteiger partial charge in [0.25, 0.3) is 11.8 Å². The topological polar surface area (TPSA) is 198 Å². The van der Waals surface area contributed by atoms with Crippen LogP contribution < -0.4 is 10.6 Å². The Morgan fingerprint density at radius 2 is 1.00 bits per heavy atom. The maximum atomic E-state index is 12.9. The summed E-state index contributed by atoms with van der Waals surface area (Å²) < 4.78 is 11.4. The molecule has 2 aromatic carbocycles. The Hall–Kier alpha value is -2.59. The predicted octanol–water partition coefficient (Wildman–Crippen LogP) is -1.19. The van der Waals surface area contributed by atoms with E-state index in [4.69, 9.17) is 9.47 Å². The molecule has 224 valence electrons.